The van der Waals surface area contributed by atoms with E-state index < -0.39 is 12.0 Å². The van der Waals surface area contributed by atoms with Crippen LogP contribution in [0.1, 0.15) is 18.4 Å². The second-order valence-electron chi connectivity index (χ2n) is 4.85. The number of carbonyl (C=O) groups excluding carboxylic acids is 1. The maximum Gasteiger partial charge on any atom is 0.326 e. The number of aryl methyl sites for hydroxylation is 1. The third-order valence-corrected chi connectivity index (χ3v) is 3.29. The van der Waals surface area contributed by atoms with Crippen LogP contribution in [0.2, 0.25) is 0 Å². The highest BCUT2D eigenvalue weighted by atomic mass is 16.4. The molecule has 0 unspecified atom stereocenters. The first-order valence-corrected chi connectivity index (χ1v) is 6.21. The second-order valence-corrected chi connectivity index (χ2v) is 4.85. The number of likely N-dealkylation sites (tertiary alicyclic amines) is 1. The van der Waals surface area contributed by atoms with Crippen LogP contribution in [-0.2, 0) is 18.4 Å². The van der Waals surface area contributed by atoms with Crippen molar-refractivity contribution in [2.45, 2.75) is 25.4 Å². The summed E-state index contributed by atoms with van der Waals surface area (Å²) in [6, 6.07) is -0.933. The van der Waals surface area contributed by atoms with Crippen LogP contribution < -0.4 is 0 Å². The smallest absolute Gasteiger partial charge is 0.326 e. The molecule has 1 N–H and O–H groups in total. The van der Waals surface area contributed by atoms with E-state index in [0.29, 0.717) is 19.5 Å². The Morgan fingerprint density at radius 3 is 2.89 bits per heavy atom. The molecule has 0 aromatic carbocycles. The fraction of sp³-hybridized carbons (Fsp3) is 0.583. The van der Waals surface area contributed by atoms with Crippen molar-refractivity contribution in [1.82, 2.24) is 19.6 Å². The molecule has 0 saturated carbocycles. The average Bonchev–Trinajstić information content (AvgIpc) is 2.97. The second kappa shape index (κ2) is 5.29. The molecule has 0 radical (unpaired) electrons. The molecule has 7 nitrogen and oxygen atoms in total. The number of hydrogen-bond donors (Lipinski definition) is 1. The van der Waals surface area contributed by atoms with Gasteiger partial charge in [0.25, 0.3) is 0 Å². The Kier molecular flexibility index (Phi) is 3.73. The van der Waals surface area contributed by atoms with E-state index in [1.807, 2.05) is 13.2 Å². The molecule has 0 bridgehead atoms. The van der Waals surface area contributed by atoms with Gasteiger partial charge in [0.05, 0.1) is 12.7 Å². The molecule has 1 aliphatic rings. The van der Waals surface area contributed by atoms with Crippen LogP contribution in [0.5, 0.6) is 0 Å². The lowest BCUT2D eigenvalue weighted by Crippen LogP contribution is -2.46. The van der Waals surface area contributed by atoms with E-state index in [2.05, 4.69) is 5.10 Å². The highest BCUT2D eigenvalue weighted by Crippen LogP contribution is 2.19. The zero-order chi connectivity index (χ0) is 14.0. The topological polar surface area (TPSA) is 78.7 Å². The first-order valence-electron chi connectivity index (χ1n) is 6.21. The van der Waals surface area contributed by atoms with Crippen molar-refractivity contribution in [3.05, 3.63) is 18.0 Å². The monoisotopic (exact) mass is 266 g/mol. The van der Waals surface area contributed by atoms with Gasteiger partial charge in [0.15, 0.2) is 0 Å². The van der Waals surface area contributed by atoms with Crippen molar-refractivity contribution >= 4 is 12.0 Å². The van der Waals surface area contributed by atoms with Crippen molar-refractivity contribution in [3.63, 3.8) is 0 Å². The van der Waals surface area contributed by atoms with Crippen LogP contribution in [0, 0.1) is 0 Å². The van der Waals surface area contributed by atoms with Gasteiger partial charge in [-0.15, -0.1) is 0 Å². The first kappa shape index (κ1) is 13.4. The minimum Gasteiger partial charge on any atom is -0.480 e. The predicted octanol–water partition coefficient (Wildman–Crippen LogP) is 0.521. The van der Waals surface area contributed by atoms with Crippen molar-refractivity contribution < 1.29 is 14.7 Å². The van der Waals surface area contributed by atoms with Gasteiger partial charge < -0.3 is 14.9 Å². The summed E-state index contributed by atoms with van der Waals surface area (Å²) in [5.41, 5.74) is 0.921. The zero-order valence-electron chi connectivity index (χ0n) is 11.1. The standard InChI is InChI=1S/C12H18N4O3/c1-14(7-9-6-13-15(2)8-9)12(19)16-5-3-4-10(16)11(17)18/h6,8,10H,3-5,7H2,1-2H3,(H,17,18)/t10-/m1/s1. The number of carbonyl (C=O) groups is 2. The summed E-state index contributed by atoms with van der Waals surface area (Å²) in [5, 5.41) is 13.1. The third-order valence-electron chi connectivity index (χ3n) is 3.29. The average molecular weight is 266 g/mol. The lowest BCUT2D eigenvalue weighted by atomic mass is 10.2. The van der Waals surface area contributed by atoms with E-state index in [0.717, 1.165) is 12.0 Å². The van der Waals surface area contributed by atoms with Crippen LogP contribution in [0.3, 0.4) is 0 Å². The van der Waals surface area contributed by atoms with Crippen molar-refractivity contribution in [1.29, 1.82) is 0 Å². The Morgan fingerprint density at radius 1 is 1.58 bits per heavy atom. The van der Waals surface area contributed by atoms with E-state index >= 15 is 0 Å². The summed E-state index contributed by atoms with van der Waals surface area (Å²) in [7, 11) is 3.48. The van der Waals surface area contributed by atoms with Gasteiger partial charge in [-0.1, -0.05) is 0 Å². The fourth-order valence-electron chi connectivity index (χ4n) is 2.37. The molecule has 7 heteroatoms. The molecule has 0 aliphatic carbocycles. The predicted molar refractivity (Wildman–Crippen MR) is 67.4 cm³/mol. The molecular weight excluding hydrogens is 248 g/mol. The quantitative estimate of drug-likeness (QED) is 0.865. The molecule has 0 spiro atoms. The van der Waals surface area contributed by atoms with E-state index in [9.17, 15) is 9.59 Å². The number of carboxylic acids is 1. The van der Waals surface area contributed by atoms with Gasteiger partial charge in [0.2, 0.25) is 0 Å². The van der Waals surface area contributed by atoms with Gasteiger partial charge in [-0.3, -0.25) is 4.68 Å². The molecule has 1 aromatic heterocycles. The molecule has 2 rings (SSSR count). The number of carboxylic acid groups (broad SMARTS) is 1. The molecule has 1 atom stereocenters. The van der Waals surface area contributed by atoms with Gasteiger partial charge in [0, 0.05) is 32.4 Å². The van der Waals surface area contributed by atoms with Gasteiger partial charge in [-0.05, 0) is 12.8 Å². The molecule has 1 aliphatic heterocycles. The van der Waals surface area contributed by atoms with Crippen molar-refractivity contribution in [3.8, 4) is 0 Å². The highest BCUT2D eigenvalue weighted by Gasteiger charge is 2.35. The molecule has 2 heterocycles. The van der Waals surface area contributed by atoms with Gasteiger partial charge in [-0.25, -0.2) is 9.59 Å². The lowest BCUT2D eigenvalue weighted by Gasteiger charge is -2.27. The first-order chi connectivity index (χ1) is 8.99. The summed E-state index contributed by atoms with van der Waals surface area (Å²) < 4.78 is 1.67. The van der Waals surface area contributed by atoms with Crippen LogP contribution in [0.15, 0.2) is 12.4 Å². The minimum absolute atomic E-state index is 0.242. The number of nitrogens with zero attached hydrogens (tertiary/aromatic N) is 4. The van der Waals surface area contributed by atoms with E-state index in [1.54, 1.807) is 17.9 Å². The Hall–Kier alpha value is -2.05. The maximum absolute atomic E-state index is 12.2. The molecule has 1 fully saturated rings. The van der Waals surface area contributed by atoms with Gasteiger partial charge in [-0.2, -0.15) is 5.10 Å². The number of urea groups is 1. The summed E-state index contributed by atoms with van der Waals surface area (Å²) in [6.45, 7) is 0.933. The highest BCUT2D eigenvalue weighted by molar-refractivity contribution is 5.83. The number of aliphatic carboxylic acids is 1. The number of rotatable bonds is 3. The minimum atomic E-state index is -0.930. The Bertz CT molecular complexity index is 485. The summed E-state index contributed by atoms with van der Waals surface area (Å²) in [5.74, 6) is -0.930. The summed E-state index contributed by atoms with van der Waals surface area (Å²) >= 11 is 0. The Labute approximate surface area is 111 Å². The summed E-state index contributed by atoms with van der Waals surface area (Å²) in [4.78, 5) is 26.3. The number of amides is 2. The van der Waals surface area contributed by atoms with E-state index in [4.69, 9.17) is 5.11 Å². The molecule has 2 amide bonds. The Balaban J connectivity index is 2.00. The van der Waals surface area contributed by atoms with Crippen LogP contribution in [-0.4, -0.2) is 56.3 Å². The van der Waals surface area contributed by atoms with Crippen LogP contribution in [0.25, 0.3) is 0 Å². The maximum atomic E-state index is 12.2. The molecule has 1 saturated heterocycles. The van der Waals surface area contributed by atoms with Crippen LogP contribution in [0.4, 0.5) is 4.79 Å². The normalized spacial score (nSPS) is 18.6. The molecule has 19 heavy (non-hydrogen) atoms. The zero-order valence-corrected chi connectivity index (χ0v) is 11.1. The Morgan fingerprint density at radius 2 is 2.32 bits per heavy atom. The largest absolute Gasteiger partial charge is 0.480 e. The van der Waals surface area contributed by atoms with Crippen LogP contribution >= 0.6 is 0 Å². The van der Waals surface area contributed by atoms with Gasteiger partial charge in [0.1, 0.15) is 6.04 Å². The molecule has 104 valence electrons. The third kappa shape index (κ3) is 2.86. The lowest BCUT2D eigenvalue weighted by molar-refractivity contribution is -0.141. The van der Waals surface area contributed by atoms with Crippen molar-refractivity contribution in [2.24, 2.45) is 7.05 Å². The number of aromatic nitrogens is 2. The molecule has 1 aromatic rings. The van der Waals surface area contributed by atoms with E-state index in [1.165, 1.54) is 9.80 Å². The number of hydrogen-bond acceptors (Lipinski definition) is 3. The van der Waals surface area contributed by atoms with Gasteiger partial charge >= 0.3 is 12.0 Å². The molecular formula is C12H18N4O3. The SMILES string of the molecule is CN(Cc1cnn(C)c1)C(=O)N1CCC[C@@H]1C(=O)O. The van der Waals surface area contributed by atoms with E-state index in [-0.39, 0.29) is 6.03 Å². The fourth-order valence-corrected chi connectivity index (χ4v) is 2.37. The van der Waals surface area contributed by atoms with Crippen molar-refractivity contribution in [2.75, 3.05) is 13.6 Å². The summed E-state index contributed by atoms with van der Waals surface area (Å²) in [6.07, 6.45) is 4.80.